The Morgan fingerprint density at radius 3 is 2.55 bits per heavy atom. The molecular weight excluding hydrogens is 259 g/mol. The summed E-state index contributed by atoms with van der Waals surface area (Å²) in [5, 5.41) is 8.72. The van der Waals surface area contributed by atoms with Crippen molar-refractivity contribution in [2.45, 2.75) is 25.2 Å². The van der Waals surface area contributed by atoms with Crippen LogP contribution in [0.2, 0.25) is 0 Å². The third kappa shape index (κ3) is 2.68. The standard InChI is InChI=1S/C15H17FN2O2/c16-14-9-12(1-2-13(14)10-17)11-18-5-3-15(4-6-18)19-7-8-20-15/h1-2,9H,3-8,11H2. The highest BCUT2D eigenvalue weighted by molar-refractivity contribution is 5.33. The third-order valence-electron chi connectivity index (χ3n) is 3.99. The van der Waals surface area contributed by atoms with Gasteiger partial charge in [0.25, 0.3) is 0 Å². The minimum atomic E-state index is -0.444. The molecule has 0 unspecified atom stereocenters. The molecule has 2 aliphatic heterocycles. The van der Waals surface area contributed by atoms with E-state index in [1.807, 2.05) is 12.1 Å². The first-order valence-electron chi connectivity index (χ1n) is 6.90. The molecule has 0 amide bonds. The molecule has 4 nitrogen and oxygen atoms in total. The number of hydrogen-bond donors (Lipinski definition) is 0. The minimum absolute atomic E-state index is 0.0964. The fourth-order valence-electron chi connectivity index (χ4n) is 2.84. The van der Waals surface area contributed by atoms with Crippen LogP contribution in [0.4, 0.5) is 4.39 Å². The third-order valence-corrected chi connectivity index (χ3v) is 3.99. The Morgan fingerprint density at radius 1 is 1.25 bits per heavy atom. The molecule has 0 bridgehead atoms. The molecule has 0 aliphatic carbocycles. The topological polar surface area (TPSA) is 45.5 Å². The minimum Gasteiger partial charge on any atom is -0.347 e. The summed E-state index contributed by atoms with van der Waals surface area (Å²) < 4.78 is 24.9. The highest BCUT2D eigenvalue weighted by Crippen LogP contribution is 2.31. The van der Waals surface area contributed by atoms with Gasteiger partial charge >= 0.3 is 0 Å². The largest absolute Gasteiger partial charge is 0.347 e. The lowest BCUT2D eigenvalue weighted by Crippen LogP contribution is -2.44. The number of ether oxygens (including phenoxy) is 2. The van der Waals surface area contributed by atoms with E-state index in [0.717, 1.165) is 31.5 Å². The van der Waals surface area contributed by atoms with Gasteiger partial charge in [-0.05, 0) is 17.7 Å². The van der Waals surface area contributed by atoms with Crippen molar-refractivity contribution in [2.75, 3.05) is 26.3 Å². The summed E-state index contributed by atoms with van der Waals surface area (Å²) in [6.07, 6.45) is 1.71. The summed E-state index contributed by atoms with van der Waals surface area (Å²) in [6, 6.07) is 6.64. The second-order valence-electron chi connectivity index (χ2n) is 5.31. The molecule has 0 atom stereocenters. The highest BCUT2D eigenvalue weighted by atomic mass is 19.1. The molecule has 1 spiro atoms. The van der Waals surface area contributed by atoms with Crippen molar-refractivity contribution >= 4 is 0 Å². The number of benzene rings is 1. The van der Waals surface area contributed by atoms with Crippen LogP contribution in [0.5, 0.6) is 0 Å². The van der Waals surface area contributed by atoms with E-state index in [1.54, 1.807) is 6.07 Å². The summed E-state index contributed by atoms with van der Waals surface area (Å²) in [7, 11) is 0. The van der Waals surface area contributed by atoms with Crippen molar-refractivity contribution in [1.82, 2.24) is 4.90 Å². The molecule has 0 aromatic heterocycles. The number of nitrogens with zero attached hydrogens (tertiary/aromatic N) is 2. The van der Waals surface area contributed by atoms with Crippen LogP contribution in [0.1, 0.15) is 24.0 Å². The maximum atomic E-state index is 13.6. The molecule has 2 saturated heterocycles. The van der Waals surface area contributed by atoms with Gasteiger partial charge in [-0.1, -0.05) is 6.07 Å². The first-order valence-corrected chi connectivity index (χ1v) is 6.90. The Labute approximate surface area is 117 Å². The Bertz CT molecular complexity index is 525. The molecule has 0 N–H and O–H groups in total. The number of hydrogen-bond acceptors (Lipinski definition) is 4. The molecule has 2 heterocycles. The van der Waals surface area contributed by atoms with Crippen molar-refractivity contribution in [3.05, 3.63) is 35.1 Å². The second kappa shape index (κ2) is 5.49. The Kier molecular flexibility index (Phi) is 3.70. The van der Waals surface area contributed by atoms with Crippen molar-refractivity contribution < 1.29 is 13.9 Å². The molecule has 0 saturated carbocycles. The zero-order chi connectivity index (χ0) is 14.0. The van der Waals surface area contributed by atoms with E-state index < -0.39 is 5.82 Å². The second-order valence-corrected chi connectivity index (χ2v) is 5.31. The van der Waals surface area contributed by atoms with Crippen molar-refractivity contribution in [2.24, 2.45) is 0 Å². The van der Waals surface area contributed by atoms with Gasteiger partial charge in [0.1, 0.15) is 11.9 Å². The summed E-state index contributed by atoms with van der Waals surface area (Å²) in [5.41, 5.74) is 0.991. The predicted octanol–water partition coefficient (Wildman–Crippen LogP) is 2.04. The van der Waals surface area contributed by atoms with Gasteiger partial charge in [-0.3, -0.25) is 4.90 Å². The first kappa shape index (κ1) is 13.5. The van der Waals surface area contributed by atoms with Crippen LogP contribution in [0, 0.1) is 17.1 Å². The van der Waals surface area contributed by atoms with Gasteiger partial charge < -0.3 is 9.47 Å². The number of halogens is 1. The quantitative estimate of drug-likeness (QED) is 0.829. The zero-order valence-corrected chi connectivity index (χ0v) is 11.3. The fraction of sp³-hybridized carbons (Fsp3) is 0.533. The van der Waals surface area contributed by atoms with Crippen LogP contribution in [0.15, 0.2) is 18.2 Å². The average Bonchev–Trinajstić information content (AvgIpc) is 2.90. The number of piperidine rings is 1. The number of nitriles is 1. The molecule has 5 heteroatoms. The van der Waals surface area contributed by atoms with Gasteiger partial charge in [-0.15, -0.1) is 0 Å². The Hall–Kier alpha value is -1.48. The maximum Gasteiger partial charge on any atom is 0.170 e. The van der Waals surface area contributed by atoms with E-state index in [1.165, 1.54) is 6.07 Å². The fourth-order valence-corrected chi connectivity index (χ4v) is 2.84. The van der Waals surface area contributed by atoms with E-state index in [2.05, 4.69) is 4.90 Å². The molecule has 106 valence electrons. The van der Waals surface area contributed by atoms with Crippen LogP contribution in [-0.2, 0) is 16.0 Å². The first-order chi connectivity index (χ1) is 9.71. The maximum absolute atomic E-state index is 13.6. The van der Waals surface area contributed by atoms with E-state index in [9.17, 15) is 4.39 Å². The average molecular weight is 276 g/mol. The van der Waals surface area contributed by atoms with E-state index in [-0.39, 0.29) is 11.4 Å². The number of likely N-dealkylation sites (tertiary alicyclic amines) is 1. The molecule has 20 heavy (non-hydrogen) atoms. The Balaban J connectivity index is 1.59. The molecule has 1 aromatic carbocycles. The van der Waals surface area contributed by atoms with Gasteiger partial charge in [-0.2, -0.15) is 5.26 Å². The summed E-state index contributed by atoms with van der Waals surface area (Å²) in [5.74, 6) is -0.812. The van der Waals surface area contributed by atoms with Crippen LogP contribution >= 0.6 is 0 Å². The zero-order valence-electron chi connectivity index (χ0n) is 11.3. The van der Waals surface area contributed by atoms with Crippen LogP contribution in [0.3, 0.4) is 0 Å². The lowest BCUT2D eigenvalue weighted by Gasteiger charge is -2.37. The SMILES string of the molecule is N#Cc1ccc(CN2CCC3(CC2)OCCO3)cc1F. The summed E-state index contributed by atoms with van der Waals surface area (Å²) in [6.45, 7) is 3.81. The van der Waals surface area contributed by atoms with Gasteiger partial charge in [0.15, 0.2) is 5.79 Å². The van der Waals surface area contributed by atoms with Crippen LogP contribution < -0.4 is 0 Å². The van der Waals surface area contributed by atoms with Crippen molar-refractivity contribution in [3.8, 4) is 6.07 Å². The monoisotopic (exact) mass is 276 g/mol. The van der Waals surface area contributed by atoms with Gasteiger partial charge in [0.05, 0.1) is 18.8 Å². The number of rotatable bonds is 2. The van der Waals surface area contributed by atoms with Gasteiger partial charge in [-0.25, -0.2) is 4.39 Å². The van der Waals surface area contributed by atoms with Gasteiger partial charge in [0.2, 0.25) is 0 Å². The smallest absolute Gasteiger partial charge is 0.170 e. The van der Waals surface area contributed by atoms with Crippen molar-refractivity contribution in [3.63, 3.8) is 0 Å². The molecule has 2 aliphatic rings. The predicted molar refractivity (Wildman–Crippen MR) is 70.3 cm³/mol. The highest BCUT2D eigenvalue weighted by Gasteiger charge is 2.39. The van der Waals surface area contributed by atoms with Crippen LogP contribution in [-0.4, -0.2) is 37.0 Å². The molecule has 1 aromatic rings. The van der Waals surface area contributed by atoms with E-state index >= 15 is 0 Å². The van der Waals surface area contributed by atoms with E-state index in [0.29, 0.717) is 19.8 Å². The normalized spacial score (nSPS) is 22.0. The molecule has 2 fully saturated rings. The lowest BCUT2D eigenvalue weighted by atomic mass is 10.0. The molecule has 0 radical (unpaired) electrons. The molecule has 3 rings (SSSR count). The van der Waals surface area contributed by atoms with Crippen LogP contribution in [0.25, 0.3) is 0 Å². The molecular formula is C15H17FN2O2. The Morgan fingerprint density at radius 2 is 1.95 bits per heavy atom. The summed E-state index contributed by atoms with van der Waals surface area (Å²) >= 11 is 0. The summed E-state index contributed by atoms with van der Waals surface area (Å²) in [4.78, 5) is 2.26. The van der Waals surface area contributed by atoms with Crippen molar-refractivity contribution in [1.29, 1.82) is 5.26 Å². The lowest BCUT2D eigenvalue weighted by molar-refractivity contribution is -0.185. The van der Waals surface area contributed by atoms with Gasteiger partial charge in [0, 0.05) is 32.5 Å². The van der Waals surface area contributed by atoms with E-state index in [4.69, 9.17) is 14.7 Å².